The standard InChI is InChI=1S/C12H20N4O2S/c1-15-3-4-16(2)9(5-15)11-13-12(18-14-11)8-6-19-7-10(8)17/h8-10,17H,3-7H2,1-2H3. The van der Waals surface area contributed by atoms with Gasteiger partial charge in [-0.05, 0) is 14.1 Å². The van der Waals surface area contributed by atoms with Crippen molar-refractivity contribution >= 4 is 11.8 Å². The number of rotatable bonds is 2. The molecule has 0 saturated carbocycles. The molecule has 3 unspecified atom stereocenters. The molecule has 0 spiro atoms. The molecular formula is C12H20N4O2S. The van der Waals surface area contributed by atoms with Crippen LogP contribution in [-0.4, -0.2) is 76.4 Å². The molecule has 6 nitrogen and oxygen atoms in total. The van der Waals surface area contributed by atoms with Crippen molar-refractivity contribution < 1.29 is 9.63 Å². The molecule has 106 valence electrons. The van der Waals surface area contributed by atoms with Gasteiger partial charge in [-0.3, -0.25) is 4.90 Å². The third kappa shape index (κ3) is 2.65. The fraction of sp³-hybridized carbons (Fsp3) is 0.833. The normalized spacial score (nSPS) is 33.9. The van der Waals surface area contributed by atoms with Crippen molar-refractivity contribution in [3.05, 3.63) is 11.7 Å². The maximum Gasteiger partial charge on any atom is 0.233 e. The number of hydrogen-bond donors (Lipinski definition) is 1. The molecule has 3 heterocycles. The molecule has 0 radical (unpaired) electrons. The summed E-state index contributed by atoms with van der Waals surface area (Å²) in [4.78, 5) is 9.07. The number of aliphatic hydroxyl groups is 1. The lowest BCUT2D eigenvalue weighted by Crippen LogP contribution is -2.45. The summed E-state index contributed by atoms with van der Waals surface area (Å²) in [6.45, 7) is 2.99. The molecule has 0 bridgehead atoms. The third-order valence-corrected chi connectivity index (χ3v) is 5.15. The number of hydrogen-bond acceptors (Lipinski definition) is 7. The van der Waals surface area contributed by atoms with Crippen LogP contribution >= 0.6 is 11.8 Å². The van der Waals surface area contributed by atoms with Crippen LogP contribution < -0.4 is 0 Å². The van der Waals surface area contributed by atoms with E-state index in [4.69, 9.17) is 4.52 Å². The Labute approximate surface area is 117 Å². The second-order valence-electron chi connectivity index (χ2n) is 5.46. The van der Waals surface area contributed by atoms with Crippen molar-refractivity contribution in [3.8, 4) is 0 Å². The Bertz CT molecular complexity index is 441. The summed E-state index contributed by atoms with van der Waals surface area (Å²) in [7, 11) is 4.20. The minimum Gasteiger partial charge on any atom is -0.391 e. The second kappa shape index (κ2) is 5.40. The Balaban J connectivity index is 1.76. The van der Waals surface area contributed by atoms with Crippen molar-refractivity contribution in [2.45, 2.75) is 18.1 Å². The smallest absolute Gasteiger partial charge is 0.233 e. The number of aliphatic hydroxyl groups excluding tert-OH is 1. The predicted octanol–water partition coefficient (Wildman–Crippen LogP) is 0.179. The number of thioether (sulfide) groups is 1. The lowest BCUT2D eigenvalue weighted by molar-refractivity contribution is 0.108. The molecule has 0 aromatic carbocycles. The number of piperazine rings is 1. The van der Waals surface area contributed by atoms with Gasteiger partial charge in [-0.2, -0.15) is 16.7 Å². The first kappa shape index (κ1) is 13.4. The molecule has 1 aromatic rings. The van der Waals surface area contributed by atoms with Crippen LogP contribution in [0.15, 0.2) is 4.52 Å². The molecule has 7 heteroatoms. The average molecular weight is 284 g/mol. The van der Waals surface area contributed by atoms with Crippen LogP contribution in [0.1, 0.15) is 23.7 Å². The van der Waals surface area contributed by atoms with Crippen molar-refractivity contribution in [2.75, 3.05) is 45.2 Å². The van der Waals surface area contributed by atoms with E-state index in [0.717, 1.165) is 37.0 Å². The zero-order valence-corrected chi connectivity index (χ0v) is 12.1. The van der Waals surface area contributed by atoms with Crippen molar-refractivity contribution in [1.82, 2.24) is 19.9 Å². The summed E-state index contributed by atoms with van der Waals surface area (Å²) in [6.07, 6.45) is -0.356. The maximum atomic E-state index is 9.89. The van der Waals surface area contributed by atoms with Crippen molar-refractivity contribution in [3.63, 3.8) is 0 Å². The van der Waals surface area contributed by atoms with Crippen LogP contribution in [0.3, 0.4) is 0 Å². The van der Waals surface area contributed by atoms with Gasteiger partial charge in [0.05, 0.1) is 18.1 Å². The summed E-state index contributed by atoms with van der Waals surface area (Å²) in [6, 6.07) is 0.183. The van der Waals surface area contributed by atoms with Gasteiger partial charge < -0.3 is 14.5 Å². The first-order valence-corrected chi connectivity index (χ1v) is 7.78. The van der Waals surface area contributed by atoms with E-state index in [-0.39, 0.29) is 18.1 Å². The van der Waals surface area contributed by atoms with E-state index in [1.165, 1.54) is 0 Å². The highest BCUT2D eigenvalue weighted by Gasteiger charge is 2.34. The topological polar surface area (TPSA) is 65.6 Å². The van der Waals surface area contributed by atoms with E-state index in [2.05, 4.69) is 34.0 Å². The number of aromatic nitrogens is 2. The molecule has 2 aliphatic heterocycles. The minimum atomic E-state index is -0.356. The predicted molar refractivity (Wildman–Crippen MR) is 73.2 cm³/mol. The Morgan fingerprint density at radius 2 is 2.16 bits per heavy atom. The van der Waals surface area contributed by atoms with E-state index in [0.29, 0.717) is 5.89 Å². The summed E-state index contributed by atoms with van der Waals surface area (Å²) < 4.78 is 5.38. The lowest BCUT2D eigenvalue weighted by atomic mass is 10.1. The Morgan fingerprint density at radius 1 is 1.32 bits per heavy atom. The fourth-order valence-corrected chi connectivity index (χ4v) is 3.83. The van der Waals surface area contributed by atoms with E-state index in [1.807, 2.05) is 0 Å². The Hall–Kier alpha value is -0.630. The minimum absolute atomic E-state index is 0.00197. The van der Waals surface area contributed by atoms with Gasteiger partial charge in [0.15, 0.2) is 5.82 Å². The molecule has 3 atom stereocenters. The number of likely N-dealkylation sites (N-methyl/N-ethyl adjacent to an activating group) is 2. The van der Waals surface area contributed by atoms with Crippen LogP contribution in [0.25, 0.3) is 0 Å². The molecule has 2 aliphatic rings. The largest absolute Gasteiger partial charge is 0.391 e. The van der Waals surface area contributed by atoms with E-state index < -0.39 is 0 Å². The zero-order chi connectivity index (χ0) is 13.4. The molecule has 0 amide bonds. The molecule has 1 aromatic heterocycles. The van der Waals surface area contributed by atoms with Gasteiger partial charge in [-0.1, -0.05) is 5.16 Å². The molecule has 0 aliphatic carbocycles. The second-order valence-corrected chi connectivity index (χ2v) is 6.54. The van der Waals surface area contributed by atoms with Crippen LogP contribution in [-0.2, 0) is 0 Å². The summed E-state index contributed by atoms with van der Waals surface area (Å²) in [5, 5.41) is 14.0. The van der Waals surface area contributed by atoms with E-state index in [9.17, 15) is 5.11 Å². The third-order valence-electron chi connectivity index (χ3n) is 3.97. The van der Waals surface area contributed by atoms with Crippen LogP contribution in [0.4, 0.5) is 0 Å². The molecule has 3 rings (SSSR count). The Morgan fingerprint density at radius 3 is 2.89 bits per heavy atom. The van der Waals surface area contributed by atoms with Crippen LogP contribution in [0, 0.1) is 0 Å². The monoisotopic (exact) mass is 284 g/mol. The highest BCUT2D eigenvalue weighted by Crippen LogP contribution is 2.32. The first-order valence-electron chi connectivity index (χ1n) is 6.63. The highest BCUT2D eigenvalue weighted by atomic mass is 32.2. The van der Waals surface area contributed by atoms with E-state index >= 15 is 0 Å². The lowest BCUT2D eigenvalue weighted by Gasteiger charge is -2.35. The zero-order valence-electron chi connectivity index (χ0n) is 11.3. The molecule has 2 saturated heterocycles. The molecule has 1 N–H and O–H groups in total. The molecule has 2 fully saturated rings. The average Bonchev–Trinajstić information content (AvgIpc) is 3.00. The van der Waals surface area contributed by atoms with Crippen LogP contribution in [0.5, 0.6) is 0 Å². The fourth-order valence-electron chi connectivity index (χ4n) is 2.60. The summed E-state index contributed by atoms with van der Waals surface area (Å²) in [5.74, 6) is 2.96. The molecule has 19 heavy (non-hydrogen) atoms. The van der Waals surface area contributed by atoms with E-state index in [1.54, 1.807) is 11.8 Å². The van der Waals surface area contributed by atoms with Gasteiger partial charge in [-0.15, -0.1) is 0 Å². The van der Waals surface area contributed by atoms with Crippen LogP contribution in [0.2, 0.25) is 0 Å². The van der Waals surface area contributed by atoms with Crippen molar-refractivity contribution in [1.29, 1.82) is 0 Å². The van der Waals surface area contributed by atoms with Gasteiger partial charge >= 0.3 is 0 Å². The molecular weight excluding hydrogens is 264 g/mol. The number of nitrogens with zero attached hydrogens (tertiary/aromatic N) is 4. The van der Waals surface area contributed by atoms with Gasteiger partial charge in [0.1, 0.15) is 0 Å². The summed E-state index contributed by atoms with van der Waals surface area (Å²) >= 11 is 1.73. The first-order chi connectivity index (χ1) is 9.15. The maximum absolute atomic E-state index is 9.89. The van der Waals surface area contributed by atoms with Crippen molar-refractivity contribution in [2.24, 2.45) is 0 Å². The Kier molecular flexibility index (Phi) is 3.79. The highest BCUT2D eigenvalue weighted by molar-refractivity contribution is 7.99. The van der Waals surface area contributed by atoms with Gasteiger partial charge in [-0.25, -0.2) is 0 Å². The van der Waals surface area contributed by atoms with Gasteiger partial charge in [0, 0.05) is 31.1 Å². The SMILES string of the molecule is CN1CCN(C)C(c2noc(C3CSCC3O)n2)C1. The van der Waals surface area contributed by atoms with Gasteiger partial charge in [0.2, 0.25) is 5.89 Å². The summed E-state index contributed by atoms with van der Waals surface area (Å²) in [5.41, 5.74) is 0. The quantitative estimate of drug-likeness (QED) is 0.831. The van der Waals surface area contributed by atoms with Gasteiger partial charge in [0.25, 0.3) is 0 Å².